The summed E-state index contributed by atoms with van der Waals surface area (Å²) < 4.78 is 0. The third-order valence-corrected chi connectivity index (χ3v) is 3.47. The van der Waals surface area contributed by atoms with Crippen LogP contribution in [0.2, 0.25) is 0 Å². The molecular formula is C18H22. The SMILES string of the molecule is CC(C)c1ccc(-c2ccccc2C(C)C)cc1. The molecule has 0 amide bonds. The van der Waals surface area contributed by atoms with Gasteiger partial charge in [-0.25, -0.2) is 0 Å². The van der Waals surface area contributed by atoms with Crippen LogP contribution in [0.3, 0.4) is 0 Å². The van der Waals surface area contributed by atoms with Crippen LogP contribution in [0.1, 0.15) is 50.7 Å². The third kappa shape index (κ3) is 2.64. The molecule has 0 saturated heterocycles. The highest BCUT2D eigenvalue weighted by Crippen LogP contribution is 2.29. The highest BCUT2D eigenvalue weighted by atomic mass is 14.1. The van der Waals surface area contributed by atoms with Gasteiger partial charge in [0.15, 0.2) is 0 Å². The summed E-state index contributed by atoms with van der Waals surface area (Å²) in [5, 5.41) is 0. The lowest BCUT2D eigenvalue weighted by Crippen LogP contribution is -1.92. The summed E-state index contributed by atoms with van der Waals surface area (Å²) in [7, 11) is 0. The Morgan fingerprint density at radius 1 is 0.667 bits per heavy atom. The maximum absolute atomic E-state index is 2.25. The van der Waals surface area contributed by atoms with Gasteiger partial charge in [-0.1, -0.05) is 76.2 Å². The van der Waals surface area contributed by atoms with E-state index in [0.29, 0.717) is 11.8 Å². The Balaban J connectivity index is 2.43. The van der Waals surface area contributed by atoms with Crippen molar-refractivity contribution in [2.45, 2.75) is 39.5 Å². The van der Waals surface area contributed by atoms with Crippen LogP contribution in [0.4, 0.5) is 0 Å². The molecule has 0 saturated carbocycles. The van der Waals surface area contributed by atoms with Gasteiger partial charge in [0.1, 0.15) is 0 Å². The minimum absolute atomic E-state index is 0.561. The molecule has 0 aliphatic carbocycles. The zero-order valence-electron chi connectivity index (χ0n) is 11.8. The average molecular weight is 238 g/mol. The molecule has 0 atom stereocenters. The van der Waals surface area contributed by atoms with E-state index >= 15 is 0 Å². The van der Waals surface area contributed by atoms with Crippen LogP contribution in [0.15, 0.2) is 48.5 Å². The lowest BCUT2D eigenvalue weighted by molar-refractivity contribution is 0.864. The molecule has 0 fully saturated rings. The molecule has 0 heteroatoms. The third-order valence-electron chi connectivity index (χ3n) is 3.47. The first-order chi connectivity index (χ1) is 8.59. The van der Waals surface area contributed by atoms with Gasteiger partial charge in [0.2, 0.25) is 0 Å². The number of hydrogen-bond donors (Lipinski definition) is 0. The summed E-state index contributed by atoms with van der Waals surface area (Å²) >= 11 is 0. The van der Waals surface area contributed by atoms with Crippen molar-refractivity contribution >= 4 is 0 Å². The second-order valence-electron chi connectivity index (χ2n) is 5.52. The average Bonchev–Trinajstić information content (AvgIpc) is 2.39. The molecule has 0 N–H and O–H groups in total. The first kappa shape index (κ1) is 12.9. The van der Waals surface area contributed by atoms with E-state index in [1.807, 2.05) is 0 Å². The Labute approximate surface area is 111 Å². The smallest absolute Gasteiger partial charge is 0.0149 e. The van der Waals surface area contributed by atoms with Crippen molar-refractivity contribution in [3.63, 3.8) is 0 Å². The van der Waals surface area contributed by atoms with Gasteiger partial charge in [-0.2, -0.15) is 0 Å². The first-order valence-electron chi connectivity index (χ1n) is 6.79. The van der Waals surface area contributed by atoms with Crippen molar-refractivity contribution in [1.82, 2.24) is 0 Å². The second kappa shape index (κ2) is 5.39. The summed E-state index contributed by atoms with van der Waals surface area (Å²) in [5.74, 6) is 1.16. The molecule has 0 aliphatic rings. The summed E-state index contributed by atoms with van der Waals surface area (Å²) in [4.78, 5) is 0. The monoisotopic (exact) mass is 238 g/mol. The molecule has 0 nitrogen and oxygen atoms in total. The lowest BCUT2D eigenvalue weighted by atomic mass is 9.91. The van der Waals surface area contributed by atoms with Gasteiger partial charge >= 0.3 is 0 Å². The summed E-state index contributed by atoms with van der Waals surface area (Å²) in [5.41, 5.74) is 5.52. The van der Waals surface area contributed by atoms with E-state index in [0.717, 1.165) is 0 Å². The minimum Gasteiger partial charge on any atom is -0.0619 e. The van der Waals surface area contributed by atoms with E-state index in [-0.39, 0.29) is 0 Å². The van der Waals surface area contributed by atoms with Crippen LogP contribution in [0.25, 0.3) is 11.1 Å². The predicted molar refractivity (Wildman–Crippen MR) is 80.1 cm³/mol. The molecule has 0 aromatic heterocycles. The molecule has 0 bridgehead atoms. The van der Waals surface area contributed by atoms with Crippen molar-refractivity contribution in [3.05, 3.63) is 59.7 Å². The van der Waals surface area contributed by atoms with Crippen LogP contribution in [-0.2, 0) is 0 Å². The Morgan fingerprint density at radius 2 is 1.28 bits per heavy atom. The Hall–Kier alpha value is -1.56. The van der Waals surface area contributed by atoms with Crippen molar-refractivity contribution < 1.29 is 0 Å². The highest BCUT2D eigenvalue weighted by molar-refractivity contribution is 5.68. The molecule has 94 valence electrons. The predicted octanol–water partition coefficient (Wildman–Crippen LogP) is 5.60. The van der Waals surface area contributed by atoms with Gasteiger partial charge in [0.25, 0.3) is 0 Å². The zero-order valence-corrected chi connectivity index (χ0v) is 11.8. The van der Waals surface area contributed by atoms with Crippen LogP contribution in [-0.4, -0.2) is 0 Å². The van der Waals surface area contributed by atoms with E-state index in [4.69, 9.17) is 0 Å². The van der Waals surface area contributed by atoms with Gasteiger partial charge < -0.3 is 0 Å². The summed E-state index contributed by atoms with van der Waals surface area (Å²) in [6.45, 7) is 8.97. The first-order valence-corrected chi connectivity index (χ1v) is 6.79. The number of benzene rings is 2. The standard InChI is InChI=1S/C18H22/c1-13(2)15-9-11-16(12-10-15)18-8-6-5-7-17(18)14(3)4/h5-14H,1-4H3. The van der Waals surface area contributed by atoms with Gasteiger partial charge in [-0.15, -0.1) is 0 Å². The van der Waals surface area contributed by atoms with Crippen LogP contribution >= 0.6 is 0 Å². The van der Waals surface area contributed by atoms with Gasteiger partial charge in [-0.3, -0.25) is 0 Å². The largest absolute Gasteiger partial charge is 0.0619 e. The van der Waals surface area contributed by atoms with Gasteiger partial charge in [-0.05, 0) is 34.1 Å². The number of rotatable bonds is 3. The quantitative estimate of drug-likeness (QED) is 0.653. The fourth-order valence-electron chi connectivity index (χ4n) is 2.31. The highest BCUT2D eigenvalue weighted by Gasteiger charge is 2.08. The van der Waals surface area contributed by atoms with E-state index < -0.39 is 0 Å². The van der Waals surface area contributed by atoms with Crippen molar-refractivity contribution in [3.8, 4) is 11.1 Å². The van der Waals surface area contributed by atoms with Gasteiger partial charge in [0.05, 0.1) is 0 Å². The number of hydrogen-bond acceptors (Lipinski definition) is 0. The molecule has 0 heterocycles. The van der Waals surface area contributed by atoms with E-state index in [2.05, 4.69) is 76.2 Å². The van der Waals surface area contributed by atoms with Crippen LogP contribution in [0, 0.1) is 0 Å². The van der Waals surface area contributed by atoms with E-state index in [9.17, 15) is 0 Å². The molecule has 0 unspecified atom stereocenters. The fourth-order valence-corrected chi connectivity index (χ4v) is 2.31. The van der Waals surface area contributed by atoms with Gasteiger partial charge in [0, 0.05) is 0 Å². The molecule has 0 spiro atoms. The Kier molecular flexibility index (Phi) is 3.86. The molecule has 0 aliphatic heterocycles. The second-order valence-corrected chi connectivity index (χ2v) is 5.52. The van der Waals surface area contributed by atoms with Crippen LogP contribution < -0.4 is 0 Å². The molecule has 0 radical (unpaired) electrons. The molecule has 2 rings (SSSR count). The molecule has 2 aromatic carbocycles. The normalized spacial score (nSPS) is 11.2. The van der Waals surface area contributed by atoms with Crippen molar-refractivity contribution in [2.75, 3.05) is 0 Å². The molecular weight excluding hydrogens is 216 g/mol. The Bertz CT molecular complexity index is 504. The maximum atomic E-state index is 2.25. The topological polar surface area (TPSA) is 0 Å². The summed E-state index contributed by atoms with van der Waals surface area (Å²) in [6, 6.07) is 17.7. The zero-order chi connectivity index (χ0) is 13.1. The Morgan fingerprint density at radius 3 is 1.83 bits per heavy atom. The lowest BCUT2D eigenvalue weighted by Gasteiger charge is -2.13. The van der Waals surface area contributed by atoms with E-state index in [1.54, 1.807) is 0 Å². The van der Waals surface area contributed by atoms with Crippen LogP contribution in [0.5, 0.6) is 0 Å². The minimum atomic E-state index is 0.561. The summed E-state index contributed by atoms with van der Waals surface area (Å²) in [6.07, 6.45) is 0. The van der Waals surface area contributed by atoms with E-state index in [1.165, 1.54) is 22.3 Å². The molecule has 18 heavy (non-hydrogen) atoms. The molecule has 2 aromatic rings. The van der Waals surface area contributed by atoms with Crippen molar-refractivity contribution in [1.29, 1.82) is 0 Å². The maximum Gasteiger partial charge on any atom is -0.0149 e. The van der Waals surface area contributed by atoms with Crippen molar-refractivity contribution in [2.24, 2.45) is 0 Å². The fraction of sp³-hybridized carbons (Fsp3) is 0.333.